The van der Waals surface area contributed by atoms with Gasteiger partial charge >= 0.3 is 5.91 Å². The van der Waals surface area contributed by atoms with Gasteiger partial charge in [0.1, 0.15) is 12.1 Å². The molecule has 0 saturated carbocycles. The van der Waals surface area contributed by atoms with Crippen LogP contribution < -0.4 is 10.6 Å². The van der Waals surface area contributed by atoms with Crippen LogP contribution in [-0.2, 0) is 4.79 Å². The molecule has 1 unspecified atom stereocenters. The van der Waals surface area contributed by atoms with Gasteiger partial charge in [-0.25, -0.2) is 4.79 Å². The molecule has 2 N–H and O–H groups in total. The maximum atomic E-state index is 14.9. The van der Waals surface area contributed by atoms with Crippen molar-refractivity contribution in [1.82, 2.24) is 10.6 Å². The van der Waals surface area contributed by atoms with Crippen molar-refractivity contribution in [2.45, 2.75) is 37.8 Å². The van der Waals surface area contributed by atoms with Crippen molar-refractivity contribution in [2.24, 2.45) is 5.92 Å². The summed E-state index contributed by atoms with van der Waals surface area (Å²) in [5.41, 5.74) is 0.732. The molecule has 182 valence electrons. The highest BCUT2D eigenvalue weighted by atomic mass is 16.2. The third kappa shape index (κ3) is 4.22. The Morgan fingerprint density at radius 2 is 1.56 bits per heavy atom. The lowest BCUT2D eigenvalue weighted by Gasteiger charge is -2.48. The summed E-state index contributed by atoms with van der Waals surface area (Å²) in [4.78, 5) is 28.0. The predicted molar refractivity (Wildman–Crippen MR) is 138 cm³/mol. The molecule has 2 aliphatic heterocycles. The fourth-order valence-corrected chi connectivity index (χ4v) is 6.21. The SMILES string of the molecule is N#CC(C#N)NC(=O)[C@@H]1CCC[N+](C(=O)c2c3ccccc3cc3ccccc23)(C2CCNCC2)C1. The van der Waals surface area contributed by atoms with Crippen LogP contribution in [0.25, 0.3) is 21.5 Å². The molecule has 2 atom stereocenters. The molecule has 0 bridgehead atoms. The van der Waals surface area contributed by atoms with Gasteiger partial charge in [-0.1, -0.05) is 48.5 Å². The largest absolute Gasteiger partial charge is 0.347 e. The minimum Gasteiger partial charge on any atom is -0.328 e. The number of fused-ring (bicyclic) bond motifs is 2. The van der Waals surface area contributed by atoms with Gasteiger partial charge < -0.3 is 10.6 Å². The van der Waals surface area contributed by atoms with E-state index in [1.165, 1.54) is 0 Å². The molecule has 7 nitrogen and oxygen atoms in total. The molecule has 0 aromatic heterocycles. The van der Waals surface area contributed by atoms with Crippen LogP contribution in [-0.4, -0.2) is 54.6 Å². The number of carbonyl (C=O) groups excluding carboxylic acids is 2. The first-order valence-corrected chi connectivity index (χ1v) is 12.7. The minimum atomic E-state index is -1.18. The lowest BCUT2D eigenvalue weighted by Crippen LogP contribution is -2.66. The molecular formula is C29H30N5O2+. The van der Waals surface area contributed by atoms with Crippen LogP contribution in [0.3, 0.4) is 0 Å². The molecule has 2 amide bonds. The highest BCUT2D eigenvalue weighted by Crippen LogP contribution is 2.37. The highest BCUT2D eigenvalue weighted by molar-refractivity contribution is 6.16. The van der Waals surface area contributed by atoms with E-state index in [4.69, 9.17) is 10.5 Å². The van der Waals surface area contributed by atoms with E-state index in [1.54, 1.807) is 0 Å². The monoisotopic (exact) mass is 480 g/mol. The molecule has 3 aromatic carbocycles. The average Bonchev–Trinajstić information content (AvgIpc) is 2.94. The van der Waals surface area contributed by atoms with Gasteiger partial charge in [0.25, 0.3) is 0 Å². The quantitative estimate of drug-likeness (QED) is 0.438. The summed E-state index contributed by atoms with van der Waals surface area (Å²) in [5, 5.41) is 28.2. The smallest absolute Gasteiger partial charge is 0.328 e. The molecule has 2 fully saturated rings. The van der Waals surface area contributed by atoms with E-state index < -0.39 is 12.0 Å². The number of likely N-dealkylation sites (tertiary alicyclic amines) is 1. The number of hydrogen-bond donors (Lipinski definition) is 2. The summed E-state index contributed by atoms with van der Waals surface area (Å²) in [6.07, 6.45) is 3.10. The van der Waals surface area contributed by atoms with Crippen LogP contribution in [0.4, 0.5) is 0 Å². The fourth-order valence-electron chi connectivity index (χ4n) is 6.21. The summed E-state index contributed by atoms with van der Waals surface area (Å²) in [6.45, 7) is 2.76. The Bertz CT molecular complexity index is 1330. The lowest BCUT2D eigenvalue weighted by atomic mass is 9.87. The summed E-state index contributed by atoms with van der Waals surface area (Å²) < 4.78 is 0.238. The number of hydrogen-bond acceptors (Lipinski definition) is 5. The van der Waals surface area contributed by atoms with Crippen molar-refractivity contribution in [3.05, 3.63) is 60.2 Å². The van der Waals surface area contributed by atoms with E-state index in [2.05, 4.69) is 16.7 Å². The second kappa shape index (κ2) is 10.1. The second-order valence-corrected chi connectivity index (χ2v) is 9.96. The van der Waals surface area contributed by atoms with Crippen LogP contribution in [0.5, 0.6) is 0 Å². The fraction of sp³-hybridized carbons (Fsp3) is 0.379. The number of amides is 2. The van der Waals surface area contributed by atoms with E-state index in [0.717, 1.165) is 59.5 Å². The predicted octanol–water partition coefficient (Wildman–Crippen LogP) is 3.64. The van der Waals surface area contributed by atoms with Gasteiger partial charge in [0.05, 0.1) is 30.6 Å². The topological polar surface area (TPSA) is 106 Å². The molecule has 0 radical (unpaired) electrons. The van der Waals surface area contributed by atoms with E-state index in [1.807, 2.05) is 60.7 Å². The van der Waals surface area contributed by atoms with Gasteiger partial charge in [0.2, 0.25) is 11.9 Å². The first kappa shape index (κ1) is 23.9. The maximum Gasteiger partial charge on any atom is 0.347 e. The first-order valence-electron chi connectivity index (χ1n) is 12.7. The summed E-state index contributed by atoms with van der Waals surface area (Å²) in [7, 11) is 0. The summed E-state index contributed by atoms with van der Waals surface area (Å²) >= 11 is 0. The Morgan fingerprint density at radius 1 is 0.944 bits per heavy atom. The number of nitriles is 2. The number of nitrogens with one attached hydrogen (secondary N) is 2. The third-order valence-electron chi connectivity index (χ3n) is 7.97. The molecule has 5 rings (SSSR count). The molecule has 0 aliphatic carbocycles. The average molecular weight is 481 g/mol. The summed E-state index contributed by atoms with van der Waals surface area (Å²) in [6, 6.07) is 20.8. The van der Waals surface area contributed by atoms with E-state index in [9.17, 15) is 9.59 Å². The Hall–Kier alpha value is -3.78. The molecule has 2 saturated heterocycles. The van der Waals surface area contributed by atoms with Crippen LogP contribution in [0, 0.1) is 28.6 Å². The molecule has 7 heteroatoms. The molecule has 3 aromatic rings. The van der Waals surface area contributed by atoms with Crippen molar-refractivity contribution in [2.75, 3.05) is 26.2 Å². The zero-order chi connectivity index (χ0) is 25.1. The second-order valence-electron chi connectivity index (χ2n) is 9.96. The number of quaternary nitrogens is 1. The third-order valence-corrected chi connectivity index (χ3v) is 7.97. The van der Waals surface area contributed by atoms with Crippen LogP contribution in [0.15, 0.2) is 54.6 Å². The normalized spacial score (nSPS) is 22.7. The molecule has 0 spiro atoms. The van der Waals surface area contributed by atoms with Crippen molar-refractivity contribution in [1.29, 1.82) is 10.5 Å². The Morgan fingerprint density at radius 3 is 2.17 bits per heavy atom. The van der Waals surface area contributed by atoms with Gasteiger partial charge in [0, 0.05) is 25.9 Å². The highest BCUT2D eigenvalue weighted by Gasteiger charge is 2.50. The van der Waals surface area contributed by atoms with Gasteiger partial charge in [-0.05, 0) is 40.5 Å². The Kier molecular flexibility index (Phi) is 6.69. The number of nitrogens with zero attached hydrogens (tertiary/aromatic N) is 3. The number of piperidine rings is 2. The first-order chi connectivity index (χ1) is 17.6. The van der Waals surface area contributed by atoms with Crippen LogP contribution >= 0.6 is 0 Å². The number of carbonyl (C=O) groups is 2. The van der Waals surface area contributed by atoms with E-state index in [0.29, 0.717) is 19.5 Å². The molecular weight excluding hydrogens is 450 g/mol. The van der Waals surface area contributed by atoms with E-state index >= 15 is 0 Å². The van der Waals surface area contributed by atoms with Crippen LogP contribution in [0.2, 0.25) is 0 Å². The van der Waals surface area contributed by atoms with Crippen molar-refractivity contribution < 1.29 is 14.1 Å². The van der Waals surface area contributed by atoms with Gasteiger partial charge in [-0.2, -0.15) is 10.5 Å². The zero-order valence-electron chi connectivity index (χ0n) is 20.2. The Balaban J connectivity index is 1.63. The van der Waals surface area contributed by atoms with Crippen molar-refractivity contribution in [3.8, 4) is 12.1 Å². The maximum absolute atomic E-state index is 14.9. The van der Waals surface area contributed by atoms with Gasteiger partial charge in [-0.3, -0.25) is 9.28 Å². The number of rotatable bonds is 4. The molecule has 36 heavy (non-hydrogen) atoms. The minimum absolute atomic E-state index is 0.0736. The van der Waals surface area contributed by atoms with E-state index in [-0.39, 0.29) is 22.3 Å². The molecule has 2 heterocycles. The van der Waals surface area contributed by atoms with Crippen molar-refractivity contribution >= 4 is 33.4 Å². The van der Waals surface area contributed by atoms with Crippen LogP contribution in [0.1, 0.15) is 36.0 Å². The summed E-state index contributed by atoms with van der Waals surface area (Å²) in [5.74, 6) is -0.664. The van der Waals surface area contributed by atoms with Gasteiger partial charge in [0.15, 0.2) is 0 Å². The standard InChI is InChI=1S/C29H29N5O2/c30-17-23(18-31)33-28(35)22-8-5-15-34(19-22,24-11-13-32-14-12-24)29(36)27-25-9-3-1-6-20(25)16-21-7-2-4-10-26(21)27/h1-4,6-7,9-10,16,22-24,32H,5,8,11-15,19H2/p+1/t22-,34?/m1/s1. The lowest BCUT2D eigenvalue weighted by molar-refractivity contribution is -0.883. The Labute approximate surface area is 210 Å². The van der Waals surface area contributed by atoms with Crippen molar-refractivity contribution in [3.63, 3.8) is 0 Å². The number of benzene rings is 3. The molecule has 2 aliphatic rings. The zero-order valence-corrected chi connectivity index (χ0v) is 20.2. The van der Waals surface area contributed by atoms with Gasteiger partial charge in [-0.15, -0.1) is 0 Å².